The molecule has 1 aliphatic heterocycles. The minimum absolute atomic E-state index is 0.0479. The van der Waals surface area contributed by atoms with Crippen LogP contribution < -0.4 is 11.1 Å². The summed E-state index contributed by atoms with van der Waals surface area (Å²) in [6, 6.07) is 16.3. The van der Waals surface area contributed by atoms with Crippen LogP contribution in [0.5, 0.6) is 0 Å². The first-order valence-electron chi connectivity index (χ1n) is 8.43. The molecular formula is C19H25N5. The summed E-state index contributed by atoms with van der Waals surface area (Å²) in [7, 11) is 0. The number of guanidine groups is 1. The number of aromatic nitrogens is 1. The number of likely N-dealkylation sites (tertiary alicyclic amines) is 1. The van der Waals surface area contributed by atoms with Crippen LogP contribution in [0.2, 0.25) is 0 Å². The summed E-state index contributed by atoms with van der Waals surface area (Å²) in [6.45, 7) is 5.03. The SMILES string of the molecule is CC1(CN=C(N)Nc2ccccn2)CCCN1Cc1ccccc1. The van der Waals surface area contributed by atoms with Crippen molar-refractivity contribution in [3.63, 3.8) is 0 Å². The lowest BCUT2D eigenvalue weighted by Gasteiger charge is -2.34. The first kappa shape index (κ1) is 16.5. The van der Waals surface area contributed by atoms with Crippen LogP contribution in [0.1, 0.15) is 25.3 Å². The van der Waals surface area contributed by atoms with Crippen molar-refractivity contribution in [2.75, 3.05) is 18.4 Å². The molecule has 5 nitrogen and oxygen atoms in total. The third-order valence-corrected chi connectivity index (χ3v) is 4.63. The van der Waals surface area contributed by atoms with E-state index in [1.165, 1.54) is 12.0 Å². The van der Waals surface area contributed by atoms with Gasteiger partial charge >= 0.3 is 0 Å². The number of nitrogens with zero attached hydrogens (tertiary/aromatic N) is 3. The molecule has 3 rings (SSSR count). The lowest BCUT2D eigenvalue weighted by molar-refractivity contribution is 0.155. The second-order valence-corrected chi connectivity index (χ2v) is 6.55. The third kappa shape index (κ3) is 4.11. The summed E-state index contributed by atoms with van der Waals surface area (Å²) >= 11 is 0. The van der Waals surface area contributed by atoms with Crippen molar-refractivity contribution in [2.45, 2.75) is 31.8 Å². The van der Waals surface area contributed by atoms with Crippen molar-refractivity contribution >= 4 is 11.8 Å². The molecule has 1 atom stereocenters. The highest BCUT2D eigenvalue weighted by atomic mass is 15.2. The highest BCUT2D eigenvalue weighted by molar-refractivity contribution is 5.91. The smallest absolute Gasteiger partial charge is 0.194 e. The third-order valence-electron chi connectivity index (χ3n) is 4.63. The molecule has 3 N–H and O–H groups in total. The standard InChI is InChI=1S/C19H25N5/c1-19(15-22-18(20)23-17-10-5-6-12-21-17)11-7-13-24(19)14-16-8-3-2-4-9-16/h2-6,8-10,12H,7,11,13-15H2,1H3,(H3,20,21,22,23). The van der Waals surface area contributed by atoms with E-state index in [-0.39, 0.29) is 5.54 Å². The molecule has 1 unspecified atom stereocenters. The first-order valence-corrected chi connectivity index (χ1v) is 8.43. The van der Waals surface area contributed by atoms with E-state index in [4.69, 9.17) is 5.73 Å². The van der Waals surface area contributed by atoms with Gasteiger partial charge in [0, 0.05) is 18.3 Å². The Balaban J connectivity index is 1.62. The Kier molecular flexibility index (Phi) is 5.11. The molecule has 1 saturated heterocycles. The van der Waals surface area contributed by atoms with Gasteiger partial charge in [0.25, 0.3) is 0 Å². The van der Waals surface area contributed by atoms with Crippen molar-refractivity contribution in [3.05, 3.63) is 60.3 Å². The summed E-state index contributed by atoms with van der Waals surface area (Å²) < 4.78 is 0. The molecular weight excluding hydrogens is 298 g/mol. The molecule has 1 aromatic carbocycles. The summed E-state index contributed by atoms with van der Waals surface area (Å²) in [5.41, 5.74) is 7.41. The molecule has 2 heterocycles. The topological polar surface area (TPSA) is 66.5 Å². The zero-order valence-electron chi connectivity index (χ0n) is 14.2. The quantitative estimate of drug-likeness (QED) is 0.656. The van der Waals surface area contributed by atoms with E-state index >= 15 is 0 Å². The monoisotopic (exact) mass is 323 g/mol. The molecule has 0 radical (unpaired) electrons. The maximum absolute atomic E-state index is 6.02. The van der Waals surface area contributed by atoms with E-state index in [2.05, 4.69) is 57.4 Å². The predicted octanol–water partition coefficient (Wildman–Crippen LogP) is 2.86. The van der Waals surface area contributed by atoms with Crippen LogP contribution in [-0.4, -0.2) is 34.5 Å². The fraction of sp³-hybridized carbons (Fsp3) is 0.368. The van der Waals surface area contributed by atoms with Crippen molar-refractivity contribution in [3.8, 4) is 0 Å². The highest BCUT2D eigenvalue weighted by Gasteiger charge is 2.36. The number of pyridine rings is 1. The number of aliphatic imine (C=N–C) groups is 1. The van der Waals surface area contributed by atoms with Crippen LogP contribution >= 0.6 is 0 Å². The van der Waals surface area contributed by atoms with E-state index < -0.39 is 0 Å². The lowest BCUT2D eigenvalue weighted by atomic mass is 9.98. The van der Waals surface area contributed by atoms with E-state index in [0.717, 1.165) is 25.3 Å². The van der Waals surface area contributed by atoms with Crippen molar-refractivity contribution in [1.82, 2.24) is 9.88 Å². The van der Waals surface area contributed by atoms with Crippen LogP contribution in [0.15, 0.2) is 59.7 Å². The van der Waals surface area contributed by atoms with Gasteiger partial charge in [-0.25, -0.2) is 4.98 Å². The van der Waals surface area contributed by atoms with E-state index in [1.54, 1.807) is 6.20 Å². The Morgan fingerprint density at radius 1 is 1.25 bits per heavy atom. The van der Waals surface area contributed by atoms with E-state index in [9.17, 15) is 0 Å². The number of anilines is 1. The fourth-order valence-corrected chi connectivity index (χ4v) is 3.19. The average Bonchev–Trinajstić information content (AvgIpc) is 2.96. The van der Waals surface area contributed by atoms with Gasteiger partial charge < -0.3 is 11.1 Å². The van der Waals surface area contributed by atoms with Crippen LogP contribution in [0.3, 0.4) is 0 Å². The maximum Gasteiger partial charge on any atom is 0.194 e. The van der Waals surface area contributed by atoms with Gasteiger partial charge in [0.15, 0.2) is 5.96 Å². The molecule has 0 amide bonds. The molecule has 5 heteroatoms. The summed E-state index contributed by atoms with van der Waals surface area (Å²) in [4.78, 5) is 11.3. The Labute approximate surface area is 143 Å². The molecule has 126 valence electrons. The molecule has 2 aromatic rings. The minimum Gasteiger partial charge on any atom is -0.370 e. The maximum atomic E-state index is 6.02. The molecule has 0 aliphatic carbocycles. The Morgan fingerprint density at radius 2 is 2.04 bits per heavy atom. The number of hydrogen-bond acceptors (Lipinski definition) is 3. The molecule has 1 aromatic heterocycles. The Morgan fingerprint density at radius 3 is 2.79 bits per heavy atom. The van der Waals surface area contributed by atoms with Crippen molar-refractivity contribution in [2.24, 2.45) is 10.7 Å². The van der Waals surface area contributed by atoms with Crippen LogP contribution in [-0.2, 0) is 6.54 Å². The molecule has 0 spiro atoms. The number of benzene rings is 1. The second-order valence-electron chi connectivity index (χ2n) is 6.55. The van der Waals surface area contributed by atoms with Crippen LogP contribution in [0.4, 0.5) is 5.82 Å². The van der Waals surface area contributed by atoms with Gasteiger partial charge in [0.05, 0.1) is 6.54 Å². The zero-order valence-corrected chi connectivity index (χ0v) is 14.2. The largest absolute Gasteiger partial charge is 0.370 e. The number of nitrogens with two attached hydrogens (primary N) is 1. The Bertz CT molecular complexity index is 671. The van der Waals surface area contributed by atoms with Crippen LogP contribution in [0, 0.1) is 0 Å². The second kappa shape index (κ2) is 7.45. The lowest BCUT2D eigenvalue weighted by Crippen LogP contribution is -2.44. The molecule has 1 aliphatic rings. The normalized spacial score (nSPS) is 21.8. The van der Waals surface area contributed by atoms with E-state index in [0.29, 0.717) is 12.5 Å². The number of rotatable bonds is 5. The van der Waals surface area contributed by atoms with Crippen molar-refractivity contribution in [1.29, 1.82) is 0 Å². The number of hydrogen-bond donors (Lipinski definition) is 2. The fourth-order valence-electron chi connectivity index (χ4n) is 3.19. The molecule has 0 bridgehead atoms. The summed E-state index contributed by atoms with van der Waals surface area (Å²) in [5.74, 6) is 1.14. The van der Waals surface area contributed by atoms with E-state index in [1.807, 2.05) is 18.2 Å². The Hall–Kier alpha value is -2.40. The molecule has 24 heavy (non-hydrogen) atoms. The van der Waals surface area contributed by atoms with Gasteiger partial charge in [-0.15, -0.1) is 0 Å². The predicted molar refractivity (Wildman–Crippen MR) is 98.8 cm³/mol. The highest BCUT2D eigenvalue weighted by Crippen LogP contribution is 2.30. The zero-order chi connectivity index (χ0) is 16.8. The van der Waals surface area contributed by atoms with Gasteiger partial charge in [-0.2, -0.15) is 0 Å². The minimum atomic E-state index is 0.0479. The van der Waals surface area contributed by atoms with Gasteiger partial charge in [0.2, 0.25) is 0 Å². The van der Waals surface area contributed by atoms with Gasteiger partial charge in [-0.1, -0.05) is 36.4 Å². The molecule has 1 fully saturated rings. The average molecular weight is 323 g/mol. The van der Waals surface area contributed by atoms with Gasteiger partial charge in [-0.3, -0.25) is 9.89 Å². The summed E-state index contributed by atoms with van der Waals surface area (Å²) in [5, 5.41) is 3.05. The van der Waals surface area contributed by atoms with Crippen molar-refractivity contribution < 1.29 is 0 Å². The first-order chi connectivity index (χ1) is 11.7. The van der Waals surface area contributed by atoms with Crippen LogP contribution in [0.25, 0.3) is 0 Å². The summed E-state index contributed by atoms with van der Waals surface area (Å²) in [6.07, 6.45) is 4.07. The molecule has 0 saturated carbocycles. The van der Waals surface area contributed by atoms with Gasteiger partial charge in [-0.05, 0) is 44.0 Å². The number of nitrogens with one attached hydrogen (secondary N) is 1. The van der Waals surface area contributed by atoms with Gasteiger partial charge in [0.1, 0.15) is 5.82 Å².